The van der Waals surface area contributed by atoms with E-state index in [2.05, 4.69) is 38.1 Å². The number of nitrogens with one attached hydrogen (secondary N) is 2. The van der Waals surface area contributed by atoms with E-state index in [4.69, 9.17) is 19.7 Å². The second kappa shape index (κ2) is 9.03. The van der Waals surface area contributed by atoms with Gasteiger partial charge in [0.05, 0.1) is 32.3 Å². The average Bonchev–Trinajstić information content (AvgIpc) is 3.62. The molecule has 0 aliphatic rings. The van der Waals surface area contributed by atoms with Gasteiger partial charge in [0.2, 0.25) is 11.7 Å². The van der Waals surface area contributed by atoms with Crippen LogP contribution in [0.5, 0.6) is 11.5 Å². The van der Waals surface area contributed by atoms with Gasteiger partial charge in [-0.15, -0.1) is 0 Å². The molecule has 3 heterocycles. The Morgan fingerprint density at radius 2 is 1.88 bits per heavy atom. The van der Waals surface area contributed by atoms with Crippen LogP contribution in [0.25, 0.3) is 33.5 Å². The normalized spacial score (nSPS) is 12.2. The first-order valence-corrected chi connectivity index (χ1v) is 11.1. The van der Waals surface area contributed by atoms with Crippen molar-refractivity contribution < 1.29 is 14.0 Å². The van der Waals surface area contributed by atoms with Gasteiger partial charge in [-0.05, 0) is 48.4 Å². The molecule has 0 saturated heterocycles. The first-order chi connectivity index (χ1) is 16.6. The lowest BCUT2D eigenvalue weighted by atomic mass is 10.0. The van der Waals surface area contributed by atoms with Gasteiger partial charge in [0.25, 0.3) is 0 Å². The van der Waals surface area contributed by atoms with Gasteiger partial charge in [-0.2, -0.15) is 4.98 Å². The fraction of sp³-hybridized carbons (Fsp3) is 0.240. The summed E-state index contributed by atoms with van der Waals surface area (Å²) in [6, 6.07) is 11.6. The molecule has 0 spiro atoms. The maximum absolute atomic E-state index is 6.25. The van der Waals surface area contributed by atoms with E-state index in [1.165, 1.54) is 5.56 Å². The predicted molar refractivity (Wildman–Crippen MR) is 129 cm³/mol. The number of aryl methyl sites for hydroxylation is 1. The van der Waals surface area contributed by atoms with Crippen molar-refractivity contribution in [3.05, 3.63) is 66.1 Å². The zero-order valence-electron chi connectivity index (χ0n) is 19.3. The van der Waals surface area contributed by atoms with Gasteiger partial charge in [0.15, 0.2) is 11.5 Å². The van der Waals surface area contributed by atoms with E-state index in [1.807, 2.05) is 30.3 Å². The number of nitrogens with two attached hydrogens (primary N) is 1. The third-order valence-electron chi connectivity index (χ3n) is 5.93. The van der Waals surface area contributed by atoms with Crippen LogP contribution in [-0.4, -0.2) is 39.3 Å². The smallest absolute Gasteiger partial charge is 0.244 e. The van der Waals surface area contributed by atoms with Crippen molar-refractivity contribution in [3.8, 4) is 34.1 Å². The molecule has 4 N–H and O–H groups in total. The summed E-state index contributed by atoms with van der Waals surface area (Å²) < 4.78 is 16.3. The van der Waals surface area contributed by atoms with Crippen LogP contribution in [0, 0.1) is 0 Å². The van der Waals surface area contributed by atoms with Crippen LogP contribution in [0.4, 0.5) is 0 Å². The van der Waals surface area contributed by atoms with Crippen molar-refractivity contribution in [1.29, 1.82) is 0 Å². The van der Waals surface area contributed by atoms with Crippen molar-refractivity contribution in [2.45, 2.75) is 25.8 Å². The fourth-order valence-electron chi connectivity index (χ4n) is 4.21. The molecule has 0 radical (unpaired) electrons. The molecule has 2 aromatic carbocycles. The molecule has 0 unspecified atom stereocenters. The molecule has 174 valence electrons. The number of aromatic nitrogens is 5. The summed E-state index contributed by atoms with van der Waals surface area (Å²) in [6.07, 6.45) is 4.78. The molecule has 34 heavy (non-hydrogen) atoms. The monoisotopic (exact) mass is 458 g/mol. The third-order valence-corrected chi connectivity index (χ3v) is 5.93. The Bertz CT molecular complexity index is 1420. The molecule has 0 aliphatic carbocycles. The topological polar surface area (TPSA) is 128 Å². The molecular formula is C25H26N6O3. The van der Waals surface area contributed by atoms with Gasteiger partial charge in [0.1, 0.15) is 0 Å². The second-order valence-electron chi connectivity index (χ2n) is 7.99. The molecular weight excluding hydrogens is 432 g/mol. The van der Waals surface area contributed by atoms with Gasteiger partial charge >= 0.3 is 0 Å². The Kier molecular flexibility index (Phi) is 5.77. The number of ether oxygens (including phenoxy) is 2. The highest BCUT2D eigenvalue weighted by atomic mass is 16.5. The minimum absolute atomic E-state index is 0.383. The standard InChI is InChI=1S/C25H26N6O3/c1-4-17-18-9-15(24-30-25(34-31-24)19(26)11-16-12-27-13-28-16)5-7-20(18)29-23(17)14-6-8-21(32-2)22(10-14)33-3/h5-10,12-13,19,29H,4,11,26H2,1-3H3,(H,27,28)/t19-/m0/s1. The summed E-state index contributed by atoms with van der Waals surface area (Å²) in [4.78, 5) is 15.2. The Balaban J connectivity index is 1.49. The van der Waals surface area contributed by atoms with E-state index < -0.39 is 6.04 Å². The number of aromatic amines is 2. The quantitative estimate of drug-likeness (QED) is 0.314. The maximum atomic E-state index is 6.25. The van der Waals surface area contributed by atoms with E-state index in [0.717, 1.165) is 39.8 Å². The number of imidazole rings is 1. The molecule has 9 heteroatoms. The van der Waals surface area contributed by atoms with Gasteiger partial charge in [0, 0.05) is 40.3 Å². The average molecular weight is 459 g/mol. The molecule has 1 atom stereocenters. The first-order valence-electron chi connectivity index (χ1n) is 11.1. The van der Waals surface area contributed by atoms with Crippen molar-refractivity contribution >= 4 is 10.9 Å². The largest absolute Gasteiger partial charge is 0.493 e. The summed E-state index contributed by atoms with van der Waals surface area (Å²) in [7, 11) is 3.27. The summed E-state index contributed by atoms with van der Waals surface area (Å²) in [5.41, 5.74) is 12.3. The summed E-state index contributed by atoms with van der Waals surface area (Å²) in [5.74, 6) is 2.27. The van der Waals surface area contributed by atoms with Crippen LogP contribution in [-0.2, 0) is 12.8 Å². The Morgan fingerprint density at radius 3 is 2.62 bits per heavy atom. The summed E-state index contributed by atoms with van der Waals surface area (Å²) in [5, 5.41) is 5.28. The number of H-pyrrole nitrogens is 2. The minimum Gasteiger partial charge on any atom is -0.493 e. The van der Waals surface area contributed by atoms with Crippen LogP contribution >= 0.6 is 0 Å². The Labute approximate surface area is 196 Å². The van der Waals surface area contributed by atoms with E-state index in [0.29, 0.717) is 29.6 Å². The highest BCUT2D eigenvalue weighted by Gasteiger charge is 2.19. The maximum Gasteiger partial charge on any atom is 0.244 e. The molecule has 9 nitrogen and oxygen atoms in total. The molecule has 5 rings (SSSR count). The van der Waals surface area contributed by atoms with Crippen LogP contribution in [0.3, 0.4) is 0 Å². The lowest BCUT2D eigenvalue weighted by Crippen LogP contribution is -2.13. The second-order valence-corrected chi connectivity index (χ2v) is 7.99. The number of rotatable bonds is 8. The fourth-order valence-corrected chi connectivity index (χ4v) is 4.21. The van der Waals surface area contributed by atoms with Crippen molar-refractivity contribution in [3.63, 3.8) is 0 Å². The third kappa shape index (κ3) is 3.90. The molecule has 0 bridgehead atoms. The lowest BCUT2D eigenvalue weighted by Gasteiger charge is -2.10. The number of hydrogen-bond acceptors (Lipinski definition) is 7. The van der Waals surface area contributed by atoms with Gasteiger partial charge in [-0.25, -0.2) is 4.98 Å². The number of hydrogen-bond donors (Lipinski definition) is 3. The highest BCUT2D eigenvalue weighted by molar-refractivity contribution is 5.93. The molecule has 0 saturated carbocycles. The van der Waals surface area contributed by atoms with Crippen LogP contribution < -0.4 is 15.2 Å². The first kappa shape index (κ1) is 21.7. The van der Waals surface area contributed by atoms with E-state index in [9.17, 15) is 0 Å². The van der Waals surface area contributed by atoms with Crippen molar-refractivity contribution in [1.82, 2.24) is 25.1 Å². The number of methoxy groups -OCH3 is 2. The zero-order chi connectivity index (χ0) is 23.7. The molecule has 5 aromatic rings. The minimum atomic E-state index is -0.427. The van der Waals surface area contributed by atoms with Gasteiger partial charge in [-0.3, -0.25) is 0 Å². The number of fused-ring (bicyclic) bond motifs is 1. The van der Waals surface area contributed by atoms with Crippen LogP contribution in [0.2, 0.25) is 0 Å². The lowest BCUT2D eigenvalue weighted by molar-refractivity contribution is 0.354. The molecule has 0 aliphatic heterocycles. The van der Waals surface area contributed by atoms with Gasteiger partial charge < -0.3 is 29.7 Å². The molecule has 3 aromatic heterocycles. The van der Waals surface area contributed by atoms with E-state index >= 15 is 0 Å². The molecule has 0 amide bonds. The highest BCUT2D eigenvalue weighted by Crippen LogP contribution is 2.37. The molecule has 0 fully saturated rings. The predicted octanol–water partition coefficient (Wildman–Crippen LogP) is 4.43. The van der Waals surface area contributed by atoms with Crippen LogP contribution in [0.15, 0.2) is 53.4 Å². The van der Waals surface area contributed by atoms with Gasteiger partial charge in [-0.1, -0.05) is 12.1 Å². The summed E-state index contributed by atoms with van der Waals surface area (Å²) in [6.45, 7) is 2.14. The van der Waals surface area contributed by atoms with E-state index in [-0.39, 0.29) is 0 Å². The zero-order valence-corrected chi connectivity index (χ0v) is 19.3. The number of benzene rings is 2. The number of nitrogens with zero attached hydrogens (tertiary/aromatic N) is 3. The Morgan fingerprint density at radius 1 is 1.06 bits per heavy atom. The van der Waals surface area contributed by atoms with Crippen molar-refractivity contribution in [2.75, 3.05) is 14.2 Å². The van der Waals surface area contributed by atoms with Crippen LogP contribution in [0.1, 0.15) is 30.1 Å². The Hall–Kier alpha value is -4.11. The van der Waals surface area contributed by atoms with Crippen molar-refractivity contribution in [2.24, 2.45) is 5.73 Å². The SMILES string of the molecule is CCc1c(-c2ccc(OC)c(OC)c2)[nH]c2ccc(-c3noc([C@@H](N)Cc4c[nH]cn4)n3)cc12. The summed E-state index contributed by atoms with van der Waals surface area (Å²) >= 11 is 0. The van der Waals surface area contributed by atoms with E-state index in [1.54, 1.807) is 26.7 Å².